The third kappa shape index (κ3) is 4.95. The standard InChI is InChI=1S/C16H22N2O4/c1-18(11-15(19)17-12-7-8-12)16(20)9-10-22-14-6-4-3-5-13(14)21-2/h3-6,12H,7-11H2,1-2H3,(H,17,19). The lowest BCUT2D eigenvalue weighted by Crippen LogP contribution is -2.39. The lowest BCUT2D eigenvalue weighted by molar-refractivity contribution is -0.135. The Morgan fingerprint density at radius 2 is 1.95 bits per heavy atom. The minimum Gasteiger partial charge on any atom is -0.493 e. The van der Waals surface area contributed by atoms with Crippen molar-refractivity contribution in [1.82, 2.24) is 10.2 Å². The van der Waals surface area contributed by atoms with E-state index in [0.29, 0.717) is 17.5 Å². The van der Waals surface area contributed by atoms with E-state index in [2.05, 4.69) is 5.32 Å². The van der Waals surface area contributed by atoms with E-state index >= 15 is 0 Å². The van der Waals surface area contributed by atoms with E-state index in [1.165, 1.54) is 4.90 Å². The summed E-state index contributed by atoms with van der Waals surface area (Å²) < 4.78 is 10.7. The van der Waals surface area contributed by atoms with Crippen LogP contribution in [0.4, 0.5) is 0 Å². The Morgan fingerprint density at radius 1 is 1.27 bits per heavy atom. The van der Waals surface area contributed by atoms with Crippen LogP contribution >= 0.6 is 0 Å². The van der Waals surface area contributed by atoms with Crippen molar-refractivity contribution in [3.05, 3.63) is 24.3 Å². The zero-order valence-corrected chi connectivity index (χ0v) is 13.0. The zero-order valence-electron chi connectivity index (χ0n) is 13.0. The maximum atomic E-state index is 12.0. The number of ether oxygens (including phenoxy) is 2. The van der Waals surface area contributed by atoms with Gasteiger partial charge in [0.05, 0.1) is 26.7 Å². The SMILES string of the molecule is COc1ccccc1OCCC(=O)N(C)CC(=O)NC1CC1. The normalized spacial score (nSPS) is 13.4. The lowest BCUT2D eigenvalue weighted by atomic mass is 10.3. The minimum absolute atomic E-state index is 0.0873. The molecule has 22 heavy (non-hydrogen) atoms. The van der Waals surface area contributed by atoms with Crippen molar-refractivity contribution in [3.8, 4) is 11.5 Å². The van der Waals surface area contributed by atoms with E-state index < -0.39 is 0 Å². The molecule has 0 atom stereocenters. The molecule has 0 unspecified atom stereocenters. The predicted octanol–water partition coefficient (Wildman–Crippen LogP) is 1.20. The fourth-order valence-electron chi connectivity index (χ4n) is 1.98. The number of para-hydroxylation sites is 2. The molecule has 120 valence electrons. The summed E-state index contributed by atoms with van der Waals surface area (Å²) in [6, 6.07) is 7.59. The molecule has 0 aromatic heterocycles. The second kappa shape index (κ2) is 7.68. The summed E-state index contributed by atoms with van der Waals surface area (Å²) in [7, 11) is 3.19. The first kappa shape index (κ1) is 16.1. The van der Waals surface area contributed by atoms with Crippen LogP contribution in [0.25, 0.3) is 0 Å². The van der Waals surface area contributed by atoms with Crippen LogP contribution in [0.3, 0.4) is 0 Å². The molecular formula is C16H22N2O4. The number of rotatable bonds is 8. The highest BCUT2D eigenvalue weighted by Crippen LogP contribution is 2.25. The maximum absolute atomic E-state index is 12.0. The number of carbonyl (C=O) groups excluding carboxylic acids is 2. The molecule has 1 aromatic rings. The molecule has 1 saturated carbocycles. The second-order valence-electron chi connectivity index (χ2n) is 5.34. The zero-order chi connectivity index (χ0) is 15.9. The summed E-state index contributed by atoms with van der Waals surface area (Å²) in [4.78, 5) is 25.0. The van der Waals surface area contributed by atoms with Gasteiger partial charge in [-0.1, -0.05) is 12.1 Å². The van der Waals surface area contributed by atoms with E-state index in [1.54, 1.807) is 26.3 Å². The van der Waals surface area contributed by atoms with Crippen LogP contribution in [0.15, 0.2) is 24.3 Å². The van der Waals surface area contributed by atoms with Crippen LogP contribution < -0.4 is 14.8 Å². The molecule has 0 spiro atoms. The number of methoxy groups -OCH3 is 1. The third-order valence-corrected chi connectivity index (χ3v) is 3.39. The van der Waals surface area contributed by atoms with Gasteiger partial charge in [0.25, 0.3) is 0 Å². The fraction of sp³-hybridized carbons (Fsp3) is 0.500. The summed E-state index contributed by atoms with van der Waals surface area (Å²) in [5, 5.41) is 2.86. The average Bonchev–Trinajstić information content (AvgIpc) is 3.31. The van der Waals surface area contributed by atoms with Crippen molar-refractivity contribution in [2.45, 2.75) is 25.3 Å². The minimum atomic E-state index is -0.124. The summed E-state index contributed by atoms with van der Waals surface area (Å²) in [5.74, 6) is 1.00. The number of hydrogen-bond acceptors (Lipinski definition) is 4. The fourth-order valence-corrected chi connectivity index (χ4v) is 1.98. The molecule has 1 fully saturated rings. The summed E-state index contributed by atoms with van der Waals surface area (Å²) in [6.07, 6.45) is 2.29. The van der Waals surface area contributed by atoms with Crippen molar-refractivity contribution in [3.63, 3.8) is 0 Å². The molecule has 0 heterocycles. The van der Waals surface area contributed by atoms with Gasteiger partial charge in [-0.15, -0.1) is 0 Å². The molecule has 0 saturated heterocycles. The quantitative estimate of drug-likeness (QED) is 0.783. The van der Waals surface area contributed by atoms with Gasteiger partial charge in [-0.05, 0) is 25.0 Å². The number of carbonyl (C=O) groups is 2. The van der Waals surface area contributed by atoms with Crippen LogP contribution in [0.2, 0.25) is 0 Å². The van der Waals surface area contributed by atoms with Gasteiger partial charge in [0.15, 0.2) is 11.5 Å². The summed E-state index contributed by atoms with van der Waals surface area (Å²) >= 11 is 0. The molecule has 1 aromatic carbocycles. The van der Waals surface area contributed by atoms with Crippen LogP contribution in [-0.2, 0) is 9.59 Å². The van der Waals surface area contributed by atoms with Crippen LogP contribution in [0, 0.1) is 0 Å². The molecule has 6 heteroatoms. The third-order valence-electron chi connectivity index (χ3n) is 3.39. The maximum Gasteiger partial charge on any atom is 0.239 e. The molecule has 1 N–H and O–H groups in total. The Labute approximate surface area is 130 Å². The Bertz CT molecular complexity index is 529. The van der Waals surface area contributed by atoms with E-state index in [1.807, 2.05) is 12.1 Å². The number of nitrogens with one attached hydrogen (secondary N) is 1. The van der Waals surface area contributed by atoms with Gasteiger partial charge in [0, 0.05) is 13.1 Å². The molecule has 2 rings (SSSR count). The highest BCUT2D eigenvalue weighted by molar-refractivity contribution is 5.84. The number of amides is 2. The smallest absolute Gasteiger partial charge is 0.239 e. The molecule has 2 amide bonds. The van der Waals surface area contributed by atoms with Gasteiger partial charge < -0.3 is 19.7 Å². The molecule has 1 aliphatic carbocycles. The predicted molar refractivity (Wildman–Crippen MR) is 81.9 cm³/mol. The van der Waals surface area contributed by atoms with Gasteiger partial charge in [-0.2, -0.15) is 0 Å². The molecule has 1 aliphatic rings. The molecular weight excluding hydrogens is 284 g/mol. The highest BCUT2D eigenvalue weighted by Gasteiger charge is 2.24. The van der Waals surface area contributed by atoms with Crippen molar-refractivity contribution in [2.24, 2.45) is 0 Å². The Hall–Kier alpha value is -2.24. The van der Waals surface area contributed by atoms with Crippen molar-refractivity contribution in [2.75, 3.05) is 27.3 Å². The van der Waals surface area contributed by atoms with E-state index in [-0.39, 0.29) is 31.4 Å². The van der Waals surface area contributed by atoms with Gasteiger partial charge >= 0.3 is 0 Å². The first-order valence-electron chi connectivity index (χ1n) is 7.39. The van der Waals surface area contributed by atoms with Gasteiger partial charge in [-0.3, -0.25) is 9.59 Å². The van der Waals surface area contributed by atoms with Crippen molar-refractivity contribution in [1.29, 1.82) is 0 Å². The van der Waals surface area contributed by atoms with Crippen LogP contribution in [0.5, 0.6) is 11.5 Å². The second-order valence-corrected chi connectivity index (χ2v) is 5.34. The topological polar surface area (TPSA) is 67.9 Å². The van der Waals surface area contributed by atoms with Crippen molar-refractivity contribution < 1.29 is 19.1 Å². The number of hydrogen-bond donors (Lipinski definition) is 1. The monoisotopic (exact) mass is 306 g/mol. The van der Waals surface area contributed by atoms with Crippen LogP contribution in [0.1, 0.15) is 19.3 Å². The lowest BCUT2D eigenvalue weighted by Gasteiger charge is -2.17. The molecule has 0 aliphatic heterocycles. The van der Waals surface area contributed by atoms with Crippen molar-refractivity contribution >= 4 is 11.8 Å². The molecule has 0 bridgehead atoms. The van der Waals surface area contributed by atoms with Crippen LogP contribution in [-0.4, -0.2) is 50.1 Å². The molecule has 6 nitrogen and oxygen atoms in total. The van der Waals surface area contributed by atoms with Gasteiger partial charge in [0.1, 0.15) is 0 Å². The Balaban J connectivity index is 1.71. The Kier molecular flexibility index (Phi) is 5.63. The number of likely N-dealkylation sites (N-methyl/N-ethyl adjacent to an activating group) is 1. The average molecular weight is 306 g/mol. The summed E-state index contributed by atoms with van der Waals surface area (Å²) in [5.41, 5.74) is 0. The van der Waals surface area contributed by atoms with E-state index in [4.69, 9.17) is 9.47 Å². The number of benzene rings is 1. The first-order valence-corrected chi connectivity index (χ1v) is 7.39. The van der Waals surface area contributed by atoms with E-state index in [9.17, 15) is 9.59 Å². The number of nitrogens with zero attached hydrogens (tertiary/aromatic N) is 1. The van der Waals surface area contributed by atoms with Gasteiger partial charge in [-0.25, -0.2) is 0 Å². The first-order chi connectivity index (χ1) is 10.6. The van der Waals surface area contributed by atoms with E-state index in [0.717, 1.165) is 12.8 Å². The van der Waals surface area contributed by atoms with Gasteiger partial charge in [0.2, 0.25) is 11.8 Å². The summed E-state index contributed by atoms with van der Waals surface area (Å²) in [6.45, 7) is 0.331. The highest BCUT2D eigenvalue weighted by atomic mass is 16.5. The Morgan fingerprint density at radius 3 is 2.59 bits per heavy atom. The molecule has 0 radical (unpaired) electrons. The largest absolute Gasteiger partial charge is 0.493 e.